The van der Waals surface area contributed by atoms with Gasteiger partial charge in [-0.25, -0.2) is 4.98 Å². The molecule has 0 unspecified atom stereocenters. The Kier molecular flexibility index (Phi) is 3.94. The van der Waals surface area contributed by atoms with Crippen molar-refractivity contribution in [1.82, 2.24) is 9.55 Å². The second kappa shape index (κ2) is 5.64. The summed E-state index contributed by atoms with van der Waals surface area (Å²) in [5.74, 6) is 0. The molecule has 0 spiro atoms. The van der Waals surface area contributed by atoms with Crippen molar-refractivity contribution in [3.63, 3.8) is 0 Å². The molecule has 0 aliphatic carbocycles. The first-order valence-corrected chi connectivity index (χ1v) is 5.83. The molecular weight excluding hydrogens is 212 g/mol. The molecule has 0 saturated heterocycles. The molecule has 1 heterocycles. The number of imidazole rings is 1. The molecule has 0 atom stereocenters. The van der Waals surface area contributed by atoms with Crippen molar-refractivity contribution in [2.45, 2.75) is 19.9 Å². The zero-order valence-corrected chi connectivity index (χ0v) is 10.4. The van der Waals surface area contributed by atoms with Gasteiger partial charge in [-0.3, -0.25) is 0 Å². The van der Waals surface area contributed by atoms with E-state index in [1.807, 2.05) is 12.5 Å². The zero-order valence-electron chi connectivity index (χ0n) is 10.4. The van der Waals surface area contributed by atoms with Gasteiger partial charge in [0.05, 0.1) is 12.9 Å². The van der Waals surface area contributed by atoms with E-state index in [9.17, 15) is 0 Å². The van der Waals surface area contributed by atoms with Crippen LogP contribution in [0.5, 0.6) is 0 Å². The van der Waals surface area contributed by atoms with Gasteiger partial charge in [0.2, 0.25) is 0 Å². The number of benzene rings is 1. The average Bonchev–Trinajstić information content (AvgIpc) is 2.77. The van der Waals surface area contributed by atoms with Crippen molar-refractivity contribution < 1.29 is 4.74 Å². The number of methoxy groups -OCH3 is 1. The summed E-state index contributed by atoms with van der Waals surface area (Å²) < 4.78 is 7.23. The van der Waals surface area contributed by atoms with Gasteiger partial charge in [-0.2, -0.15) is 0 Å². The lowest BCUT2D eigenvalue weighted by Gasteiger charge is -2.07. The maximum absolute atomic E-state index is 5.09. The number of nitrogens with zero attached hydrogens (tertiary/aromatic N) is 2. The fraction of sp³-hybridized carbons (Fsp3) is 0.357. The number of rotatable bonds is 5. The SMILES string of the molecule is COCCn1cncc1Cc1ccc(C)cc1. The summed E-state index contributed by atoms with van der Waals surface area (Å²) in [5, 5.41) is 0. The van der Waals surface area contributed by atoms with Gasteiger partial charge in [-0.15, -0.1) is 0 Å². The smallest absolute Gasteiger partial charge is 0.0949 e. The Labute approximate surface area is 102 Å². The van der Waals surface area contributed by atoms with Gasteiger partial charge >= 0.3 is 0 Å². The molecule has 1 aromatic heterocycles. The molecule has 3 heteroatoms. The normalized spacial score (nSPS) is 10.7. The van der Waals surface area contributed by atoms with E-state index in [-0.39, 0.29) is 0 Å². The molecule has 0 aliphatic heterocycles. The van der Waals surface area contributed by atoms with Crippen LogP contribution in [0.3, 0.4) is 0 Å². The summed E-state index contributed by atoms with van der Waals surface area (Å²) in [6.45, 7) is 3.68. The number of aryl methyl sites for hydroxylation is 1. The second-order valence-corrected chi connectivity index (χ2v) is 4.23. The van der Waals surface area contributed by atoms with Crippen LogP contribution in [0.2, 0.25) is 0 Å². The summed E-state index contributed by atoms with van der Waals surface area (Å²) in [7, 11) is 1.72. The molecule has 0 amide bonds. The van der Waals surface area contributed by atoms with E-state index < -0.39 is 0 Å². The first-order chi connectivity index (χ1) is 8.29. The van der Waals surface area contributed by atoms with Gasteiger partial charge in [0.25, 0.3) is 0 Å². The van der Waals surface area contributed by atoms with E-state index in [2.05, 4.69) is 40.7 Å². The van der Waals surface area contributed by atoms with E-state index in [0.29, 0.717) is 0 Å². The van der Waals surface area contributed by atoms with Crippen LogP contribution < -0.4 is 0 Å². The van der Waals surface area contributed by atoms with Gasteiger partial charge in [0.15, 0.2) is 0 Å². The van der Waals surface area contributed by atoms with E-state index in [4.69, 9.17) is 4.74 Å². The topological polar surface area (TPSA) is 27.1 Å². The van der Waals surface area contributed by atoms with Crippen LogP contribution in [0.4, 0.5) is 0 Å². The zero-order chi connectivity index (χ0) is 12.1. The molecule has 0 saturated carbocycles. The second-order valence-electron chi connectivity index (χ2n) is 4.23. The van der Waals surface area contributed by atoms with Crippen LogP contribution in [0.15, 0.2) is 36.8 Å². The molecule has 0 N–H and O–H groups in total. The highest BCUT2D eigenvalue weighted by molar-refractivity contribution is 5.25. The molecule has 0 aliphatic rings. The molecule has 2 rings (SSSR count). The summed E-state index contributed by atoms with van der Waals surface area (Å²) in [6.07, 6.45) is 4.71. The molecule has 0 bridgehead atoms. The summed E-state index contributed by atoms with van der Waals surface area (Å²) in [6, 6.07) is 8.63. The lowest BCUT2D eigenvalue weighted by molar-refractivity contribution is 0.186. The van der Waals surface area contributed by atoms with E-state index >= 15 is 0 Å². The Bertz CT molecular complexity index is 459. The van der Waals surface area contributed by atoms with Gasteiger partial charge < -0.3 is 9.30 Å². The quantitative estimate of drug-likeness (QED) is 0.788. The molecule has 3 nitrogen and oxygen atoms in total. The molecule has 0 radical (unpaired) electrons. The third-order valence-electron chi connectivity index (χ3n) is 2.84. The minimum absolute atomic E-state index is 0.720. The standard InChI is InChI=1S/C14H18N2O/c1-12-3-5-13(6-4-12)9-14-10-15-11-16(14)7-8-17-2/h3-6,10-11H,7-9H2,1-2H3. The Morgan fingerprint density at radius 1 is 1.24 bits per heavy atom. The first-order valence-electron chi connectivity index (χ1n) is 5.83. The average molecular weight is 230 g/mol. The predicted octanol–water partition coefficient (Wildman–Crippen LogP) is 2.43. The largest absolute Gasteiger partial charge is 0.383 e. The molecule has 1 aromatic carbocycles. The number of hydrogen-bond acceptors (Lipinski definition) is 2. The maximum Gasteiger partial charge on any atom is 0.0949 e. The van der Waals surface area contributed by atoms with Crippen LogP contribution in [0.25, 0.3) is 0 Å². The van der Waals surface area contributed by atoms with E-state index in [1.165, 1.54) is 16.8 Å². The van der Waals surface area contributed by atoms with Crippen LogP contribution in [-0.2, 0) is 17.7 Å². The maximum atomic E-state index is 5.09. The highest BCUT2D eigenvalue weighted by Crippen LogP contribution is 2.10. The van der Waals surface area contributed by atoms with Crippen molar-refractivity contribution in [2.75, 3.05) is 13.7 Å². The first kappa shape index (κ1) is 11.9. The van der Waals surface area contributed by atoms with Gasteiger partial charge in [0, 0.05) is 32.0 Å². The van der Waals surface area contributed by atoms with Crippen molar-refractivity contribution in [1.29, 1.82) is 0 Å². The number of hydrogen-bond donors (Lipinski definition) is 0. The highest BCUT2D eigenvalue weighted by atomic mass is 16.5. The minimum Gasteiger partial charge on any atom is -0.383 e. The monoisotopic (exact) mass is 230 g/mol. The van der Waals surface area contributed by atoms with Gasteiger partial charge in [-0.05, 0) is 12.5 Å². The van der Waals surface area contributed by atoms with Crippen LogP contribution in [0, 0.1) is 6.92 Å². The van der Waals surface area contributed by atoms with Crippen LogP contribution in [0.1, 0.15) is 16.8 Å². The predicted molar refractivity (Wildman–Crippen MR) is 68.1 cm³/mol. The molecule has 90 valence electrons. The third-order valence-corrected chi connectivity index (χ3v) is 2.84. The fourth-order valence-corrected chi connectivity index (χ4v) is 1.80. The van der Waals surface area contributed by atoms with E-state index in [0.717, 1.165) is 19.6 Å². The lowest BCUT2D eigenvalue weighted by Crippen LogP contribution is -2.07. The molecule has 17 heavy (non-hydrogen) atoms. The summed E-state index contributed by atoms with van der Waals surface area (Å²) >= 11 is 0. The Morgan fingerprint density at radius 3 is 2.71 bits per heavy atom. The Hall–Kier alpha value is -1.61. The lowest BCUT2D eigenvalue weighted by atomic mass is 10.1. The van der Waals surface area contributed by atoms with Crippen molar-refractivity contribution in [3.05, 3.63) is 53.6 Å². The summed E-state index contributed by atoms with van der Waals surface area (Å²) in [4.78, 5) is 4.20. The van der Waals surface area contributed by atoms with Gasteiger partial charge in [-0.1, -0.05) is 29.8 Å². The molecular formula is C14H18N2O. The summed E-state index contributed by atoms with van der Waals surface area (Å²) in [5.41, 5.74) is 3.84. The van der Waals surface area contributed by atoms with Gasteiger partial charge in [0.1, 0.15) is 0 Å². The number of ether oxygens (including phenoxy) is 1. The van der Waals surface area contributed by atoms with Crippen LogP contribution in [-0.4, -0.2) is 23.3 Å². The minimum atomic E-state index is 0.720. The molecule has 2 aromatic rings. The van der Waals surface area contributed by atoms with Crippen LogP contribution >= 0.6 is 0 Å². The molecule has 0 fully saturated rings. The Morgan fingerprint density at radius 2 is 2.00 bits per heavy atom. The van der Waals surface area contributed by atoms with Crippen molar-refractivity contribution in [3.8, 4) is 0 Å². The Balaban J connectivity index is 2.07. The van der Waals surface area contributed by atoms with Crippen molar-refractivity contribution >= 4 is 0 Å². The fourth-order valence-electron chi connectivity index (χ4n) is 1.80. The van der Waals surface area contributed by atoms with E-state index in [1.54, 1.807) is 7.11 Å². The number of aromatic nitrogens is 2. The van der Waals surface area contributed by atoms with Crippen molar-refractivity contribution in [2.24, 2.45) is 0 Å². The third kappa shape index (κ3) is 3.17. The highest BCUT2D eigenvalue weighted by Gasteiger charge is 2.03.